The van der Waals surface area contributed by atoms with Crippen LogP contribution in [0.2, 0.25) is 0 Å². The first-order valence-electron chi connectivity index (χ1n) is 6.91. The average Bonchev–Trinajstić information content (AvgIpc) is 2.32. The number of carbonyl (C=O) groups excluding carboxylic acids is 1. The van der Waals surface area contributed by atoms with Gasteiger partial charge in [0.2, 0.25) is 0 Å². The second-order valence-corrected chi connectivity index (χ2v) is 5.54. The van der Waals surface area contributed by atoms with E-state index in [-0.39, 0.29) is 18.5 Å². The van der Waals surface area contributed by atoms with Gasteiger partial charge in [0.05, 0.1) is 0 Å². The number of nitrogens with one attached hydrogen (secondary N) is 1. The minimum Gasteiger partial charge on any atom is -0.370 e. The van der Waals surface area contributed by atoms with Gasteiger partial charge in [0.25, 0.3) is 5.91 Å². The van der Waals surface area contributed by atoms with Gasteiger partial charge in [0, 0.05) is 31.8 Å². The highest BCUT2D eigenvalue weighted by Gasteiger charge is 2.36. The SMILES string of the molecule is COC(CN)C(=O)NC1CC2CCCC(C1)N2C. The van der Waals surface area contributed by atoms with Gasteiger partial charge in [-0.05, 0) is 32.7 Å². The summed E-state index contributed by atoms with van der Waals surface area (Å²) >= 11 is 0. The molecule has 3 atom stereocenters. The number of ether oxygens (including phenoxy) is 1. The number of nitrogens with two attached hydrogens (primary N) is 1. The number of amides is 1. The Balaban J connectivity index is 1.89. The smallest absolute Gasteiger partial charge is 0.250 e. The lowest BCUT2D eigenvalue weighted by atomic mass is 9.82. The van der Waals surface area contributed by atoms with Crippen molar-refractivity contribution >= 4 is 5.91 Å². The molecule has 0 aliphatic carbocycles. The van der Waals surface area contributed by atoms with Crippen LogP contribution in [-0.4, -0.2) is 55.7 Å². The Labute approximate surface area is 109 Å². The van der Waals surface area contributed by atoms with Crippen molar-refractivity contribution in [3.63, 3.8) is 0 Å². The molecule has 5 nitrogen and oxygen atoms in total. The van der Waals surface area contributed by atoms with Gasteiger partial charge in [-0.3, -0.25) is 4.79 Å². The van der Waals surface area contributed by atoms with Gasteiger partial charge in [0.15, 0.2) is 0 Å². The zero-order chi connectivity index (χ0) is 13.1. The van der Waals surface area contributed by atoms with Crippen molar-refractivity contribution in [2.45, 2.75) is 56.3 Å². The summed E-state index contributed by atoms with van der Waals surface area (Å²) in [5.41, 5.74) is 5.51. The second kappa shape index (κ2) is 5.99. The summed E-state index contributed by atoms with van der Waals surface area (Å²) in [7, 11) is 3.74. The van der Waals surface area contributed by atoms with Crippen LogP contribution in [0, 0.1) is 0 Å². The number of hydrogen-bond donors (Lipinski definition) is 2. The first-order chi connectivity index (χ1) is 8.65. The summed E-state index contributed by atoms with van der Waals surface area (Å²) in [5.74, 6) is -0.0624. The fourth-order valence-corrected chi connectivity index (χ4v) is 3.34. The Kier molecular flexibility index (Phi) is 4.59. The Morgan fingerprint density at radius 1 is 1.44 bits per heavy atom. The Morgan fingerprint density at radius 3 is 2.56 bits per heavy atom. The van der Waals surface area contributed by atoms with Crippen molar-refractivity contribution in [1.29, 1.82) is 0 Å². The van der Waals surface area contributed by atoms with E-state index in [1.165, 1.54) is 26.4 Å². The Bertz CT molecular complexity index is 280. The van der Waals surface area contributed by atoms with Crippen LogP contribution in [0.4, 0.5) is 0 Å². The number of rotatable bonds is 4. The van der Waals surface area contributed by atoms with Gasteiger partial charge >= 0.3 is 0 Å². The van der Waals surface area contributed by atoms with Gasteiger partial charge in [-0.2, -0.15) is 0 Å². The summed E-state index contributed by atoms with van der Waals surface area (Å²) < 4.78 is 5.07. The van der Waals surface area contributed by atoms with Crippen molar-refractivity contribution in [2.24, 2.45) is 5.73 Å². The minimum atomic E-state index is -0.510. The quantitative estimate of drug-likeness (QED) is 0.747. The largest absolute Gasteiger partial charge is 0.370 e. The van der Waals surface area contributed by atoms with Crippen molar-refractivity contribution in [3.8, 4) is 0 Å². The lowest BCUT2D eigenvalue weighted by Gasteiger charge is -2.47. The number of fused-ring (bicyclic) bond motifs is 2. The van der Waals surface area contributed by atoms with E-state index in [9.17, 15) is 4.79 Å². The molecule has 0 spiro atoms. The molecule has 0 aromatic rings. The van der Waals surface area contributed by atoms with Gasteiger partial charge in [-0.15, -0.1) is 0 Å². The summed E-state index contributed by atoms with van der Waals surface area (Å²) in [5, 5.41) is 3.10. The molecule has 2 saturated heterocycles. The topological polar surface area (TPSA) is 67.6 Å². The summed E-state index contributed by atoms with van der Waals surface area (Å²) in [6, 6.07) is 1.54. The normalized spacial score (nSPS) is 34.1. The Hall–Kier alpha value is -0.650. The standard InChI is InChI=1S/C13H25N3O2/c1-16-10-4-3-5-11(16)7-9(6-10)15-13(17)12(8-14)18-2/h9-12H,3-8,14H2,1-2H3,(H,15,17). The zero-order valence-electron chi connectivity index (χ0n) is 11.4. The number of carbonyl (C=O) groups is 1. The number of nitrogens with zero attached hydrogens (tertiary/aromatic N) is 1. The number of piperidine rings is 2. The van der Waals surface area contributed by atoms with Crippen molar-refractivity contribution < 1.29 is 9.53 Å². The van der Waals surface area contributed by atoms with Gasteiger partial charge in [-0.25, -0.2) is 0 Å². The predicted octanol–water partition coefficient (Wildman–Crippen LogP) is 0.0916. The molecule has 0 radical (unpaired) electrons. The van der Waals surface area contributed by atoms with Crippen LogP contribution in [0.15, 0.2) is 0 Å². The van der Waals surface area contributed by atoms with Crippen LogP contribution in [0.3, 0.4) is 0 Å². The van der Waals surface area contributed by atoms with Gasteiger partial charge < -0.3 is 20.7 Å². The molecule has 2 aliphatic rings. The fourth-order valence-electron chi connectivity index (χ4n) is 3.34. The molecule has 1 amide bonds. The van der Waals surface area contributed by atoms with Crippen LogP contribution >= 0.6 is 0 Å². The summed E-state index contributed by atoms with van der Waals surface area (Å²) in [6.07, 6.45) is 5.43. The third-order valence-electron chi connectivity index (χ3n) is 4.48. The Morgan fingerprint density at radius 2 is 2.06 bits per heavy atom. The molecule has 0 aromatic heterocycles. The maximum absolute atomic E-state index is 11.9. The highest BCUT2D eigenvalue weighted by molar-refractivity contribution is 5.81. The molecule has 104 valence electrons. The fraction of sp³-hybridized carbons (Fsp3) is 0.923. The highest BCUT2D eigenvalue weighted by Crippen LogP contribution is 2.32. The molecule has 3 unspecified atom stereocenters. The highest BCUT2D eigenvalue weighted by atomic mass is 16.5. The van der Waals surface area contributed by atoms with Crippen LogP contribution in [0.1, 0.15) is 32.1 Å². The van der Waals surface area contributed by atoms with Gasteiger partial charge in [0.1, 0.15) is 6.10 Å². The maximum Gasteiger partial charge on any atom is 0.250 e. The van der Waals surface area contributed by atoms with Crippen molar-refractivity contribution in [2.75, 3.05) is 20.7 Å². The molecule has 3 N–H and O–H groups in total. The molecule has 2 heterocycles. The number of methoxy groups -OCH3 is 1. The molecular formula is C13H25N3O2. The van der Waals surface area contributed by atoms with Crippen LogP contribution in [0.25, 0.3) is 0 Å². The molecule has 2 fully saturated rings. The minimum absolute atomic E-state index is 0.0624. The summed E-state index contributed by atoms with van der Waals surface area (Å²) in [6.45, 7) is 0.238. The van der Waals surface area contributed by atoms with Crippen molar-refractivity contribution in [1.82, 2.24) is 10.2 Å². The molecule has 18 heavy (non-hydrogen) atoms. The first-order valence-corrected chi connectivity index (χ1v) is 6.91. The molecular weight excluding hydrogens is 230 g/mol. The molecule has 5 heteroatoms. The van der Waals surface area contributed by atoms with Crippen LogP contribution < -0.4 is 11.1 Å². The van der Waals surface area contributed by atoms with E-state index in [0.29, 0.717) is 12.1 Å². The average molecular weight is 255 g/mol. The maximum atomic E-state index is 11.9. The van der Waals surface area contributed by atoms with E-state index < -0.39 is 6.10 Å². The lowest BCUT2D eigenvalue weighted by Crippen LogP contribution is -2.56. The third-order valence-corrected chi connectivity index (χ3v) is 4.48. The monoisotopic (exact) mass is 255 g/mol. The zero-order valence-corrected chi connectivity index (χ0v) is 11.4. The van der Waals surface area contributed by atoms with E-state index in [4.69, 9.17) is 10.5 Å². The molecule has 0 saturated carbocycles. The lowest BCUT2D eigenvalue weighted by molar-refractivity contribution is -0.132. The van der Waals surface area contributed by atoms with E-state index in [1.807, 2.05) is 0 Å². The van der Waals surface area contributed by atoms with E-state index >= 15 is 0 Å². The van der Waals surface area contributed by atoms with Gasteiger partial charge in [-0.1, -0.05) is 6.42 Å². The molecule has 2 aliphatic heterocycles. The summed E-state index contributed by atoms with van der Waals surface area (Å²) in [4.78, 5) is 14.4. The third kappa shape index (κ3) is 2.84. The van der Waals surface area contributed by atoms with E-state index in [2.05, 4.69) is 17.3 Å². The van der Waals surface area contributed by atoms with Crippen LogP contribution in [-0.2, 0) is 9.53 Å². The van der Waals surface area contributed by atoms with E-state index in [0.717, 1.165) is 12.8 Å². The second-order valence-electron chi connectivity index (χ2n) is 5.54. The predicted molar refractivity (Wildman–Crippen MR) is 70.2 cm³/mol. The molecule has 2 bridgehead atoms. The molecule has 0 aromatic carbocycles. The molecule has 2 rings (SSSR count). The van der Waals surface area contributed by atoms with Crippen molar-refractivity contribution in [3.05, 3.63) is 0 Å². The van der Waals surface area contributed by atoms with Crippen LogP contribution in [0.5, 0.6) is 0 Å². The number of hydrogen-bond acceptors (Lipinski definition) is 4. The first kappa shape index (κ1) is 13.8. The van der Waals surface area contributed by atoms with E-state index in [1.54, 1.807) is 0 Å².